The Hall–Kier alpha value is -2.40. The number of allylic oxidation sites excluding steroid dienone is 9. The van der Waals surface area contributed by atoms with Crippen molar-refractivity contribution in [1.29, 1.82) is 0 Å². The average Bonchev–Trinajstić information content (AvgIpc) is 2.41. The number of carboxylic acid groups (broad SMARTS) is 1. The molecule has 1 aliphatic carbocycles. The third-order valence-electron chi connectivity index (χ3n) is 2.76. The molecule has 0 aromatic carbocycles. The molecule has 0 spiro atoms. The van der Waals surface area contributed by atoms with Crippen LogP contribution in [0.15, 0.2) is 60.3 Å². The van der Waals surface area contributed by atoms with E-state index in [0.29, 0.717) is 0 Å². The predicted octanol–water partition coefficient (Wildman–Crippen LogP) is 1.72. The quantitative estimate of drug-likeness (QED) is 0.626. The number of carboxylic acids is 1. The number of aliphatic carboxylic acids is 1. The van der Waals surface area contributed by atoms with Crippen molar-refractivity contribution in [2.45, 2.75) is 25.9 Å². The van der Waals surface area contributed by atoms with Crippen molar-refractivity contribution < 1.29 is 14.7 Å². The Balaban J connectivity index is 2.51. The Morgan fingerprint density at radius 1 is 1.18 bits per heavy atom. The van der Waals surface area contributed by atoms with Crippen LogP contribution in [-0.2, 0) is 9.59 Å². The summed E-state index contributed by atoms with van der Waals surface area (Å²) in [6, 6.07) is -0.774. The van der Waals surface area contributed by atoms with Gasteiger partial charge in [0.25, 0.3) is 0 Å². The van der Waals surface area contributed by atoms with Crippen molar-refractivity contribution in [3.8, 4) is 0 Å². The highest BCUT2D eigenvalue weighted by Gasteiger charge is 2.18. The zero-order valence-corrected chi connectivity index (χ0v) is 12.8. The summed E-state index contributed by atoms with van der Waals surface area (Å²) >= 11 is 0. The highest BCUT2D eigenvalue weighted by Crippen LogP contribution is 2.03. The minimum absolute atomic E-state index is 0.0265. The molecule has 3 N–H and O–H groups in total. The van der Waals surface area contributed by atoms with Gasteiger partial charge in [-0.1, -0.05) is 56.4 Å². The van der Waals surface area contributed by atoms with E-state index in [2.05, 4.69) is 10.6 Å². The van der Waals surface area contributed by atoms with Crippen molar-refractivity contribution in [3.63, 3.8) is 0 Å². The van der Waals surface area contributed by atoms with Crippen molar-refractivity contribution in [2.75, 3.05) is 6.54 Å². The summed E-state index contributed by atoms with van der Waals surface area (Å²) < 4.78 is 0. The lowest BCUT2D eigenvalue weighted by Gasteiger charge is -2.17. The number of carbonyl (C=O) groups excluding carboxylic acids is 1. The molecule has 0 radical (unpaired) electrons. The van der Waals surface area contributed by atoms with E-state index in [9.17, 15) is 9.59 Å². The first kappa shape index (κ1) is 17.7. The summed E-state index contributed by atoms with van der Waals surface area (Å²) in [5.41, 5.74) is 0.880. The fourth-order valence-corrected chi connectivity index (χ4v) is 1.75. The van der Waals surface area contributed by atoms with E-state index < -0.39 is 12.0 Å². The minimum Gasteiger partial charge on any atom is -0.480 e. The van der Waals surface area contributed by atoms with Gasteiger partial charge in [0.05, 0.1) is 0 Å². The number of hydrogen-bond donors (Lipinski definition) is 3. The van der Waals surface area contributed by atoms with Gasteiger partial charge in [0.2, 0.25) is 5.91 Å². The third-order valence-corrected chi connectivity index (χ3v) is 2.76. The summed E-state index contributed by atoms with van der Waals surface area (Å²) in [5.74, 6) is -1.31. The summed E-state index contributed by atoms with van der Waals surface area (Å²) in [4.78, 5) is 22.8. The van der Waals surface area contributed by atoms with Crippen LogP contribution in [0.5, 0.6) is 0 Å². The summed E-state index contributed by atoms with van der Waals surface area (Å²) in [5, 5.41) is 14.5. The third kappa shape index (κ3) is 7.40. The topological polar surface area (TPSA) is 78.4 Å². The van der Waals surface area contributed by atoms with E-state index in [1.165, 1.54) is 6.08 Å². The maximum absolute atomic E-state index is 11.8. The Morgan fingerprint density at radius 3 is 2.55 bits per heavy atom. The molecule has 0 aromatic rings. The largest absolute Gasteiger partial charge is 0.480 e. The van der Waals surface area contributed by atoms with Crippen LogP contribution in [0.1, 0.15) is 13.8 Å². The lowest BCUT2D eigenvalue weighted by molar-refractivity contribution is -0.139. The number of amides is 1. The van der Waals surface area contributed by atoms with Gasteiger partial charge in [-0.2, -0.15) is 0 Å². The highest BCUT2D eigenvalue weighted by molar-refractivity contribution is 5.88. The Kier molecular flexibility index (Phi) is 7.64. The van der Waals surface area contributed by atoms with E-state index in [1.807, 2.05) is 56.4 Å². The van der Waals surface area contributed by atoms with Crippen molar-refractivity contribution in [3.05, 3.63) is 60.3 Å². The second-order valence-electron chi connectivity index (χ2n) is 5.09. The van der Waals surface area contributed by atoms with Crippen LogP contribution in [0.3, 0.4) is 0 Å². The summed E-state index contributed by atoms with van der Waals surface area (Å²) in [7, 11) is 0. The average molecular weight is 302 g/mol. The summed E-state index contributed by atoms with van der Waals surface area (Å²) in [6.07, 6.45) is 16.3. The van der Waals surface area contributed by atoms with Crippen molar-refractivity contribution in [1.82, 2.24) is 10.6 Å². The van der Waals surface area contributed by atoms with Crippen LogP contribution < -0.4 is 10.6 Å². The highest BCUT2D eigenvalue weighted by atomic mass is 16.4. The molecule has 0 bridgehead atoms. The minimum atomic E-state index is -0.986. The molecule has 5 nitrogen and oxygen atoms in total. The molecule has 0 aliphatic heterocycles. The van der Waals surface area contributed by atoms with Crippen LogP contribution in [0.4, 0.5) is 0 Å². The zero-order valence-electron chi connectivity index (χ0n) is 12.8. The lowest BCUT2D eigenvalue weighted by atomic mass is 10.1. The van der Waals surface area contributed by atoms with Gasteiger partial charge in [-0.15, -0.1) is 0 Å². The van der Waals surface area contributed by atoms with Crippen LogP contribution in [0.2, 0.25) is 0 Å². The van der Waals surface area contributed by atoms with Gasteiger partial charge in [-0.25, -0.2) is 0 Å². The molecular formula is C17H22N2O3. The van der Waals surface area contributed by atoms with E-state index >= 15 is 0 Å². The SMILES string of the molecule is CC(C)NC(CNC(=O)/C=C/C1=C/C=C\C=C/C=C\1)C(=O)O. The number of nitrogens with one attached hydrogen (secondary N) is 2. The molecule has 118 valence electrons. The smallest absolute Gasteiger partial charge is 0.322 e. The normalized spacial score (nSPS) is 22.2. The van der Waals surface area contributed by atoms with E-state index in [-0.39, 0.29) is 18.5 Å². The monoisotopic (exact) mass is 302 g/mol. The molecule has 1 amide bonds. The molecule has 0 fully saturated rings. The first-order valence-electron chi connectivity index (χ1n) is 7.15. The second-order valence-corrected chi connectivity index (χ2v) is 5.09. The van der Waals surface area contributed by atoms with Crippen LogP contribution in [0, 0.1) is 0 Å². The van der Waals surface area contributed by atoms with Crippen molar-refractivity contribution >= 4 is 11.9 Å². The molecule has 0 saturated heterocycles. The molecule has 1 unspecified atom stereocenters. The van der Waals surface area contributed by atoms with Gasteiger partial charge in [0.15, 0.2) is 0 Å². The first-order valence-corrected chi connectivity index (χ1v) is 7.15. The number of hydrogen-bond acceptors (Lipinski definition) is 3. The van der Waals surface area contributed by atoms with Crippen LogP contribution in [-0.4, -0.2) is 35.6 Å². The number of rotatable bonds is 7. The second kappa shape index (κ2) is 9.52. The van der Waals surface area contributed by atoms with Gasteiger partial charge >= 0.3 is 5.97 Å². The van der Waals surface area contributed by atoms with E-state index in [0.717, 1.165) is 5.57 Å². The molecule has 1 rings (SSSR count). The molecule has 0 heterocycles. The molecule has 5 heteroatoms. The van der Waals surface area contributed by atoms with Crippen LogP contribution >= 0.6 is 0 Å². The maximum Gasteiger partial charge on any atom is 0.322 e. The fourth-order valence-electron chi connectivity index (χ4n) is 1.75. The Bertz CT molecular complexity index is 540. The Labute approximate surface area is 130 Å². The molecule has 1 atom stereocenters. The molecule has 0 aromatic heterocycles. The van der Waals surface area contributed by atoms with Gasteiger partial charge in [0.1, 0.15) is 6.04 Å². The zero-order chi connectivity index (χ0) is 16.4. The lowest BCUT2D eigenvalue weighted by Crippen LogP contribution is -2.48. The van der Waals surface area contributed by atoms with Crippen molar-refractivity contribution in [2.24, 2.45) is 0 Å². The molecule has 0 saturated carbocycles. The Morgan fingerprint density at radius 2 is 1.86 bits per heavy atom. The standard InChI is InChI=1S/C17H22N2O3/c1-13(2)19-15(17(21)22)12-18-16(20)11-10-14-8-6-4-3-5-7-9-14/h3-11,13,15,19H,12H2,1-2H3,(H,18,20)(H,21,22)/b4-3-,5-3?,6-4?,7-5-,8-6-,9-7?,11-10+,14-8?,14-9+. The maximum atomic E-state index is 11.8. The first-order chi connectivity index (χ1) is 10.5. The van der Waals surface area contributed by atoms with Gasteiger partial charge in [-0.05, 0) is 11.6 Å². The predicted molar refractivity (Wildman–Crippen MR) is 87.3 cm³/mol. The van der Waals surface area contributed by atoms with Gasteiger partial charge in [-0.3, -0.25) is 9.59 Å². The van der Waals surface area contributed by atoms with Crippen LogP contribution in [0.25, 0.3) is 0 Å². The van der Waals surface area contributed by atoms with E-state index in [1.54, 1.807) is 6.08 Å². The van der Waals surface area contributed by atoms with Gasteiger partial charge < -0.3 is 15.7 Å². The molecule has 1 aliphatic rings. The number of carbonyl (C=O) groups is 2. The van der Waals surface area contributed by atoms with E-state index in [4.69, 9.17) is 5.11 Å². The molecule has 22 heavy (non-hydrogen) atoms. The fraction of sp³-hybridized carbons (Fsp3) is 0.294. The molecular weight excluding hydrogens is 280 g/mol. The summed E-state index contributed by atoms with van der Waals surface area (Å²) in [6.45, 7) is 3.74. The van der Waals surface area contributed by atoms with Gasteiger partial charge in [0, 0.05) is 18.7 Å².